The van der Waals surface area contributed by atoms with E-state index in [2.05, 4.69) is 4.98 Å². The molecule has 0 aliphatic heterocycles. The van der Waals surface area contributed by atoms with Crippen LogP contribution in [0.4, 0.5) is 0 Å². The van der Waals surface area contributed by atoms with Gasteiger partial charge in [0.15, 0.2) is 0 Å². The molecule has 0 bridgehead atoms. The van der Waals surface area contributed by atoms with Crippen molar-refractivity contribution in [3.63, 3.8) is 0 Å². The van der Waals surface area contributed by atoms with Gasteiger partial charge in [-0.15, -0.1) is 0 Å². The molecule has 1 heterocycles. The highest BCUT2D eigenvalue weighted by Crippen LogP contribution is 2.16. The monoisotopic (exact) mass is 233 g/mol. The van der Waals surface area contributed by atoms with Crippen LogP contribution in [0.2, 0.25) is 0 Å². The number of carbonyl (C=O) groups excluding carboxylic acids is 1. The van der Waals surface area contributed by atoms with Gasteiger partial charge >= 0.3 is 5.97 Å². The molecule has 0 spiro atoms. The van der Waals surface area contributed by atoms with Crippen LogP contribution in [-0.2, 0) is 11.3 Å². The third-order valence-electron chi connectivity index (χ3n) is 2.47. The number of esters is 1. The van der Waals surface area contributed by atoms with E-state index in [1.807, 2.05) is 24.3 Å². The van der Waals surface area contributed by atoms with Crippen LogP contribution in [0.1, 0.15) is 17.5 Å². The predicted molar refractivity (Wildman–Crippen MR) is 64.7 cm³/mol. The Kier molecular flexibility index (Phi) is 3.39. The fourth-order valence-corrected chi connectivity index (χ4v) is 1.78. The third-order valence-corrected chi connectivity index (χ3v) is 2.47. The number of nitrogens with two attached hydrogens (primary N) is 1. The molecule has 0 aliphatic rings. The van der Waals surface area contributed by atoms with Crippen LogP contribution < -0.4 is 5.73 Å². The van der Waals surface area contributed by atoms with E-state index >= 15 is 0 Å². The van der Waals surface area contributed by atoms with Gasteiger partial charge in [0.25, 0.3) is 0 Å². The van der Waals surface area contributed by atoms with Crippen molar-refractivity contribution in [1.82, 2.24) is 9.55 Å². The first-order valence-electron chi connectivity index (χ1n) is 5.60. The fraction of sp³-hybridized carbons (Fsp3) is 0.333. The van der Waals surface area contributed by atoms with Crippen molar-refractivity contribution in [2.75, 3.05) is 13.2 Å². The highest BCUT2D eigenvalue weighted by molar-refractivity contribution is 5.91. The number of para-hydroxylation sites is 2. The van der Waals surface area contributed by atoms with E-state index in [1.54, 1.807) is 11.5 Å². The number of ether oxygens (including phenoxy) is 1. The number of rotatable bonds is 4. The number of aromatic nitrogens is 2. The van der Waals surface area contributed by atoms with Crippen molar-refractivity contribution < 1.29 is 9.53 Å². The fourth-order valence-electron chi connectivity index (χ4n) is 1.78. The second-order valence-corrected chi connectivity index (χ2v) is 3.58. The van der Waals surface area contributed by atoms with Gasteiger partial charge in [-0.1, -0.05) is 12.1 Å². The van der Waals surface area contributed by atoms with Crippen molar-refractivity contribution in [3.05, 3.63) is 30.1 Å². The minimum atomic E-state index is -0.405. The van der Waals surface area contributed by atoms with E-state index in [0.29, 0.717) is 25.5 Å². The summed E-state index contributed by atoms with van der Waals surface area (Å²) in [5.41, 5.74) is 7.24. The second kappa shape index (κ2) is 4.97. The molecule has 2 aromatic rings. The van der Waals surface area contributed by atoms with Crippen LogP contribution in [0.3, 0.4) is 0 Å². The van der Waals surface area contributed by atoms with E-state index in [9.17, 15) is 4.79 Å². The van der Waals surface area contributed by atoms with Crippen molar-refractivity contribution in [1.29, 1.82) is 0 Å². The molecular formula is C12H15N3O2. The van der Waals surface area contributed by atoms with Gasteiger partial charge in [-0.25, -0.2) is 9.78 Å². The van der Waals surface area contributed by atoms with E-state index < -0.39 is 5.97 Å². The van der Waals surface area contributed by atoms with Gasteiger partial charge in [-0.2, -0.15) is 0 Å². The maximum Gasteiger partial charge on any atom is 0.374 e. The van der Waals surface area contributed by atoms with E-state index in [0.717, 1.165) is 11.0 Å². The lowest BCUT2D eigenvalue weighted by Gasteiger charge is -2.06. The average Bonchev–Trinajstić information content (AvgIpc) is 2.70. The number of carbonyl (C=O) groups is 1. The predicted octanol–water partition coefficient (Wildman–Crippen LogP) is 1.17. The summed E-state index contributed by atoms with van der Waals surface area (Å²) >= 11 is 0. The Morgan fingerprint density at radius 2 is 2.24 bits per heavy atom. The van der Waals surface area contributed by atoms with Crippen molar-refractivity contribution in [2.45, 2.75) is 13.5 Å². The number of benzene rings is 1. The summed E-state index contributed by atoms with van der Waals surface area (Å²) in [5, 5.41) is 0. The summed E-state index contributed by atoms with van der Waals surface area (Å²) in [6.07, 6.45) is 0. The maximum atomic E-state index is 11.8. The van der Waals surface area contributed by atoms with E-state index in [1.165, 1.54) is 0 Å². The van der Waals surface area contributed by atoms with Crippen LogP contribution in [0, 0.1) is 0 Å². The molecule has 0 saturated carbocycles. The molecule has 0 saturated heterocycles. The Labute approximate surface area is 99.2 Å². The number of imidazole rings is 1. The van der Waals surface area contributed by atoms with E-state index in [-0.39, 0.29) is 0 Å². The van der Waals surface area contributed by atoms with Crippen molar-refractivity contribution >= 4 is 17.0 Å². The summed E-state index contributed by atoms with van der Waals surface area (Å²) < 4.78 is 6.78. The average molecular weight is 233 g/mol. The molecule has 5 heteroatoms. The van der Waals surface area contributed by atoms with Crippen molar-refractivity contribution in [2.24, 2.45) is 5.73 Å². The molecule has 0 aliphatic carbocycles. The van der Waals surface area contributed by atoms with Gasteiger partial charge in [-0.3, -0.25) is 0 Å². The lowest BCUT2D eigenvalue weighted by Crippen LogP contribution is -2.17. The summed E-state index contributed by atoms with van der Waals surface area (Å²) in [6, 6.07) is 7.58. The first kappa shape index (κ1) is 11.6. The van der Waals surface area contributed by atoms with Crippen LogP contribution in [0.25, 0.3) is 11.0 Å². The molecule has 0 radical (unpaired) electrons. The van der Waals surface area contributed by atoms with Crippen LogP contribution >= 0.6 is 0 Å². The van der Waals surface area contributed by atoms with Crippen LogP contribution in [-0.4, -0.2) is 28.7 Å². The topological polar surface area (TPSA) is 70.1 Å². The second-order valence-electron chi connectivity index (χ2n) is 3.58. The molecule has 0 fully saturated rings. The Balaban J connectivity index is 2.53. The molecule has 17 heavy (non-hydrogen) atoms. The smallest absolute Gasteiger partial charge is 0.374 e. The lowest BCUT2D eigenvalue weighted by atomic mass is 10.3. The zero-order chi connectivity index (χ0) is 12.3. The van der Waals surface area contributed by atoms with Gasteiger partial charge in [0, 0.05) is 13.1 Å². The molecule has 0 atom stereocenters. The van der Waals surface area contributed by atoms with Crippen LogP contribution in [0.15, 0.2) is 24.3 Å². The molecule has 90 valence electrons. The first-order chi connectivity index (χ1) is 8.27. The van der Waals surface area contributed by atoms with Gasteiger partial charge in [0.05, 0.1) is 17.6 Å². The van der Waals surface area contributed by atoms with Gasteiger partial charge in [0.1, 0.15) is 0 Å². The van der Waals surface area contributed by atoms with Crippen molar-refractivity contribution in [3.8, 4) is 0 Å². The highest BCUT2D eigenvalue weighted by atomic mass is 16.5. The molecule has 2 N–H and O–H groups in total. The summed E-state index contributed by atoms with van der Waals surface area (Å²) in [7, 11) is 0. The van der Waals surface area contributed by atoms with Gasteiger partial charge < -0.3 is 15.0 Å². The summed E-state index contributed by atoms with van der Waals surface area (Å²) in [5.74, 6) is -0.0874. The van der Waals surface area contributed by atoms with Gasteiger partial charge in [0.2, 0.25) is 5.82 Å². The zero-order valence-corrected chi connectivity index (χ0v) is 9.72. The third kappa shape index (κ3) is 2.14. The quantitative estimate of drug-likeness (QED) is 0.805. The van der Waals surface area contributed by atoms with Gasteiger partial charge in [-0.05, 0) is 19.1 Å². The molecule has 5 nitrogen and oxygen atoms in total. The summed E-state index contributed by atoms with van der Waals surface area (Å²) in [4.78, 5) is 16.0. The highest BCUT2D eigenvalue weighted by Gasteiger charge is 2.17. The maximum absolute atomic E-state index is 11.8. The number of fused-ring (bicyclic) bond motifs is 1. The van der Waals surface area contributed by atoms with E-state index in [4.69, 9.17) is 10.5 Å². The number of hydrogen-bond donors (Lipinski definition) is 1. The molecule has 0 unspecified atom stereocenters. The Morgan fingerprint density at radius 1 is 1.47 bits per heavy atom. The minimum Gasteiger partial charge on any atom is -0.460 e. The summed E-state index contributed by atoms with van der Waals surface area (Å²) in [6.45, 7) is 3.11. The molecule has 1 aromatic heterocycles. The molecular weight excluding hydrogens is 218 g/mol. The zero-order valence-electron chi connectivity index (χ0n) is 9.72. The lowest BCUT2D eigenvalue weighted by molar-refractivity contribution is 0.0507. The normalized spacial score (nSPS) is 10.7. The molecule has 2 rings (SSSR count). The number of hydrogen-bond acceptors (Lipinski definition) is 4. The Hall–Kier alpha value is -1.88. The molecule has 1 aromatic carbocycles. The number of nitrogens with zero attached hydrogens (tertiary/aromatic N) is 2. The Morgan fingerprint density at radius 3 is 2.94 bits per heavy atom. The largest absolute Gasteiger partial charge is 0.460 e. The first-order valence-corrected chi connectivity index (χ1v) is 5.60. The Bertz CT molecular complexity index is 534. The standard InChI is InChI=1S/C12H15N3O2/c1-2-17-12(16)11-14-9-5-3-4-6-10(9)15(11)8-7-13/h3-6H,2,7-8,13H2,1H3. The van der Waals surface area contributed by atoms with Crippen LogP contribution in [0.5, 0.6) is 0 Å². The molecule has 0 amide bonds. The SMILES string of the molecule is CCOC(=O)c1nc2ccccc2n1CCN. The minimum absolute atomic E-state index is 0.318.